The topological polar surface area (TPSA) is 69.9 Å². The number of hydrogen-bond acceptors (Lipinski definition) is 4. The molecule has 4 nitrogen and oxygen atoms in total. The van der Waals surface area contributed by atoms with Gasteiger partial charge in [0, 0.05) is 17.0 Å². The van der Waals surface area contributed by atoms with E-state index in [2.05, 4.69) is 45.2 Å². The van der Waals surface area contributed by atoms with Crippen LogP contribution in [0.3, 0.4) is 0 Å². The molecular weight excluding hydrogens is 642 g/mol. The zero-order chi connectivity index (χ0) is 22.9. The maximum absolute atomic E-state index is 10.4. The first-order valence-corrected chi connectivity index (χ1v) is 12.4. The predicted molar refractivity (Wildman–Crippen MR) is 146 cm³/mol. The van der Waals surface area contributed by atoms with Crippen LogP contribution in [0.1, 0.15) is 22.6 Å². The van der Waals surface area contributed by atoms with Crippen molar-refractivity contribution < 1.29 is 20.1 Å². The summed E-state index contributed by atoms with van der Waals surface area (Å²) in [5, 5.41) is 34.8. The Hall–Kier alpha value is -2.72. The van der Waals surface area contributed by atoms with Crippen molar-refractivity contribution in [3.8, 4) is 28.7 Å². The van der Waals surface area contributed by atoms with Crippen molar-refractivity contribution in [2.45, 2.75) is 5.92 Å². The molecule has 3 N–H and O–H groups in total. The Labute approximate surface area is 216 Å². The highest BCUT2D eigenvalue weighted by molar-refractivity contribution is 14.1. The van der Waals surface area contributed by atoms with E-state index in [4.69, 9.17) is 4.74 Å². The lowest BCUT2D eigenvalue weighted by Crippen LogP contribution is -2.13. The quantitative estimate of drug-likeness (QED) is 0.159. The number of fused-ring (bicyclic) bond motifs is 6. The largest absolute Gasteiger partial charge is 0.508 e. The van der Waals surface area contributed by atoms with Gasteiger partial charge in [-0.2, -0.15) is 0 Å². The van der Waals surface area contributed by atoms with Gasteiger partial charge in [-0.3, -0.25) is 0 Å². The third kappa shape index (κ3) is 3.30. The first kappa shape index (κ1) is 20.9. The maximum atomic E-state index is 10.4. The SMILES string of the molecule is Oc1ccc2ccc3c(c2c1)C(c1cc(I)c(O)c(I)c1)c1c(ccc2ccc(O)cc12)O3. The summed E-state index contributed by atoms with van der Waals surface area (Å²) < 4.78 is 7.91. The molecule has 0 aliphatic carbocycles. The lowest BCUT2D eigenvalue weighted by molar-refractivity contribution is 0.455. The van der Waals surface area contributed by atoms with E-state index in [9.17, 15) is 15.3 Å². The maximum Gasteiger partial charge on any atom is 0.142 e. The minimum Gasteiger partial charge on any atom is -0.508 e. The minimum absolute atomic E-state index is 0.186. The van der Waals surface area contributed by atoms with Gasteiger partial charge < -0.3 is 20.1 Å². The molecular formula is C27H16I2O4. The van der Waals surface area contributed by atoms with Crippen LogP contribution in [0, 0.1) is 7.14 Å². The molecule has 162 valence electrons. The van der Waals surface area contributed by atoms with Crippen LogP contribution in [0.15, 0.2) is 72.8 Å². The second-order valence-corrected chi connectivity index (χ2v) is 10.5. The van der Waals surface area contributed by atoms with E-state index in [1.807, 2.05) is 48.5 Å². The molecule has 0 amide bonds. The third-order valence-electron chi connectivity index (χ3n) is 6.18. The van der Waals surface area contributed by atoms with Crippen LogP contribution in [0.4, 0.5) is 0 Å². The van der Waals surface area contributed by atoms with E-state index in [0.29, 0.717) is 0 Å². The summed E-state index contributed by atoms with van der Waals surface area (Å²) >= 11 is 4.30. The molecule has 0 atom stereocenters. The average Bonchev–Trinajstić information content (AvgIpc) is 2.80. The number of aromatic hydroxyl groups is 3. The fourth-order valence-corrected chi connectivity index (χ4v) is 6.56. The monoisotopic (exact) mass is 658 g/mol. The lowest BCUT2D eigenvalue weighted by atomic mass is 9.78. The van der Waals surface area contributed by atoms with Gasteiger partial charge in [0.05, 0.1) is 7.14 Å². The van der Waals surface area contributed by atoms with E-state index in [1.54, 1.807) is 24.3 Å². The summed E-state index contributed by atoms with van der Waals surface area (Å²) in [6.45, 7) is 0. The normalized spacial score (nSPS) is 13.0. The highest BCUT2D eigenvalue weighted by Crippen LogP contribution is 2.53. The van der Waals surface area contributed by atoms with Crippen LogP contribution in [0.25, 0.3) is 21.5 Å². The van der Waals surface area contributed by atoms with E-state index in [1.165, 1.54) is 0 Å². The van der Waals surface area contributed by atoms with Crippen molar-refractivity contribution in [2.75, 3.05) is 0 Å². The minimum atomic E-state index is -0.234. The number of benzene rings is 5. The Morgan fingerprint density at radius 3 is 1.55 bits per heavy atom. The lowest BCUT2D eigenvalue weighted by Gasteiger charge is -2.31. The molecule has 0 fully saturated rings. The highest BCUT2D eigenvalue weighted by Gasteiger charge is 2.33. The van der Waals surface area contributed by atoms with E-state index in [0.717, 1.165) is 56.9 Å². The molecule has 0 radical (unpaired) electrons. The first-order valence-electron chi connectivity index (χ1n) is 10.3. The van der Waals surface area contributed by atoms with Crippen LogP contribution in [-0.2, 0) is 0 Å². The van der Waals surface area contributed by atoms with E-state index in [-0.39, 0.29) is 23.2 Å². The fourth-order valence-electron chi connectivity index (χ4n) is 4.74. The number of rotatable bonds is 1. The van der Waals surface area contributed by atoms with Crippen LogP contribution < -0.4 is 4.74 Å². The first-order chi connectivity index (χ1) is 15.9. The zero-order valence-corrected chi connectivity index (χ0v) is 21.3. The van der Waals surface area contributed by atoms with Gasteiger partial charge >= 0.3 is 0 Å². The molecule has 1 aliphatic heterocycles. The summed E-state index contributed by atoms with van der Waals surface area (Å²) in [4.78, 5) is 0. The van der Waals surface area contributed by atoms with Crippen LogP contribution >= 0.6 is 45.2 Å². The van der Waals surface area contributed by atoms with Crippen LogP contribution in [0.5, 0.6) is 28.7 Å². The number of phenols is 3. The molecule has 1 heterocycles. The predicted octanol–water partition coefficient (Wildman–Crippen LogP) is 7.60. The average molecular weight is 658 g/mol. The Balaban J connectivity index is 1.78. The summed E-state index contributed by atoms with van der Waals surface area (Å²) in [7, 11) is 0. The number of ether oxygens (including phenoxy) is 1. The Morgan fingerprint density at radius 2 is 1.06 bits per heavy atom. The van der Waals surface area contributed by atoms with Crippen molar-refractivity contribution in [1.82, 2.24) is 0 Å². The highest BCUT2D eigenvalue weighted by atomic mass is 127. The molecule has 0 spiro atoms. The van der Waals surface area contributed by atoms with Crippen molar-refractivity contribution in [2.24, 2.45) is 0 Å². The van der Waals surface area contributed by atoms with Crippen molar-refractivity contribution in [3.05, 3.63) is 96.6 Å². The van der Waals surface area contributed by atoms with Gasteiger partial charge in [-0.15, -0.1) is 0 Å². The molecule has 6 heteroatoms. The molecule has 0 aromatic heterocycles. The molecule has 6 rings (SSSR count). The summed E-state index contributed by atoms with van der Waals surface area (Å²) in [6.07, 6.45) is 0. The molecule has 1 aliphatic rings. The van der Waals surface area contributed by atoms with Crippen LogP contribution in [0.2, 0.25) is 0 Å². The standard InChI is InChI=1S/C27H16I2O4/c28-20-9-15(10-21(29)27(20)32)24-25-18-11-16(30)5-1-13(18)3-7-22(25)33-23-8-4-14-2-6-17(31)12-19(14)26(23)24/h1-12,24,30-32H. The number of halogens is 2. The summed E-state index contributed by atoms with van der Waals surface area (Å²) in [5.41, 5.74) is 2.90. The molecule has 0 unspecified atom stereocenters. The van der Waals surface area contributed by atoms with Crippen molar-refractivity contribution in [3.63, 3.8) is 0 Å². The number of phenolic OH excluding ortho intramolecular Hbond substituents is 3. The van der Waals surface area contributed by atoms with Crippen molar-refractivity contribution >= 4 is 66.7 Å². The smallest absolute Gasteiger partial charge is 0.142 e. The Kier molecular flexibility index (Phi) is 4.84. The second-order valence-electron chi connectivity index (χ2n) is 8.13. The third-order valence-corrected chi connectivity index (χ3v) is 7.83. The van der Waals surface area contributed by atoms with Gasteiger partial charge in [0.25, 0.3) is 0 Å². The van der Waals surface area contributed by atoms with E-state index >= 15 is 0 Å². The van der Waals surface area contributed by atoms with Gasteiger partial charge in [-0.25, -0.2) is 0 Å². The molecule has 0 saturated heterocycles. The molecule has 0 bridgehead atoms. The summed E-state index contributed by atoms with van der Waals surface area (Å²) in [6, 6.07) is 22.6. The molecule has 5 aromatic rings. The molecule has 33 heavy (non-hydrogen) atoms. The van der Waals surface area contributed by atoms with Gasteiger partial charge in [0.2, 0.25) is 0 Å². The van der Waals surface area contributed by atoms with Gasteiger partial charge in [0.15, 0.2) is 0 Å². The number of hydrogen-bond donors (Lipinski definition) is 3. The van der Waals surface area contributed by atoms with Gasteiger partial charge in [0.1, 0.15) is 28.7 Å². The Morgan fingerprint density at radius 1 is 0.606 bits per heavy atom. The Bertz CT molecular complexity index is 1500. The zero-order valence-electron chi connectivity index (χ0n) is 17.0. The van der Waals surface area contributed by atoms with E-state index < -0.39 is 0 Å². The van der Waals surface area contributed by atoms with Crippen molar-refractivity contribution in [1.29, 1.82) is 0 Å². The molecule has 5 aromatic carbocycles. The summed E-state index contributed by atoms with van der Waals surface area (Å²) in [5.74, 6) is 1.85. The van der Waals surface area contributed by atoms with Gasteiger partial charge in [-0.05, 0) is 121 Å². The molecule has 0 saturated carbocycles. The van der Waals surface area contributed by atoms with Gasteiger partial charge in [-0.1, -0.05) is 24.3 Å². The van der Waals surface area contributed by atoms with Crippen LogP contribution in [-0.4, -0.2) is 15.3 Å². The second kappa shape index (κ2) is 7.66. The fraction of sp³-hybridized carbons (Fsp3) is 0.0370.